The maximum absolute atomic E-state index is 5.62. The number of rotatable bonds is 8. The summed E-state index contributed by atoms with van der Waals surface area (Å²) in [6, 6.07) is 0. The van der Waals surface area contributed by atoms with E-state index in [9.17, 15) is 0 Å². The van der Waals surface area contributed by atoms with E-state index in [2.05, 4.69) is 20.8 Å². The highest BCUT2D eigenvalue weighted by Gasteiger charge is 1.99. The molecule has 0 aliphatic heterocycles. The maximum Gasteiger partial charge on any atom is 0.0547 e. The first-order chi connectivity index (χ1) is 5.81. The summed E-state index contributed by atoms with van der Waals surface area (Å²) < 4.78 is 5.62. The Hall–Kier alpha value is -0.0400. The number of hydrogen-bond acceptors (Lipinski definition) is 1. The second kappa shape index (κ2) is 9.05. The molecule has 1 atom stereocenters. The molecule has 1 unspecified atom stereocenters. The molecule has 1 heteroatoms. The third-order valence-corrected chi connectivity index (χ3v) is 2.01. The molecule has 0 amide bonds. The van der Waals surface area contributed by atoms with Crippen LogP contribution in [-0.2, 0) is 4.74 Å². The maximum atomic E-state index is 5.62. The molecular weight excluding hydrogens is 148 g/mol. The van der Waals surface area contributed by atoms with Gasteiger partial charge in [0.25, 0.3) is 0 Å². The molecule has 12 heavy (non-hydrogen) atoms. The van der Waals surface area contributed by atoms with Crippen molar-refractivity contribution < 1.29 is 4.74 Å². The molecule has 0 aliphatic rings. The van der Waals surface area contributed by atoms with Crippen LogP contribution in [-0.4, -0.2) is 12.7 Å². The van der Waals surface area contributed by atoms with Crippen molar-refractivity contribution in [3.8, 4) is 0 Å². The molecule has 0 aliphatic carbocycles. The van der Waals surface area contributed by atoms with E-state index in [1.54, 1.807) is 0 Å². The molecule has 1 radical (unpaired) electrons. The van der Waals surface area contributed by atoms with Crippen LogP contribution in [0.25, 0.3) is 0 Å². The van der Waals surface area contributed by atoms with Crippen LogP contribution in [0, 0.1) is 6.92 Å². The molecule has 1 nitrogen and oxygen atoms in total. The fourth-order valence-electron chi connectivity index (χ4n) is 1.15. The van der Waals surface area contributed by atoms with Gasteiger partial charge in [-0.3, -0.25) is 0 Å². The van der Waals surface area contributed by atoms with Gasteiger partial charge in [-0.1, -0.05) is 39.5 Å². The SMILES string of the molecule is [CH2]CCCC(C)OCCCCC. The predicted octanol–water partition coefficient (Wildman–Crippen LogP) is 3.59. The minimum atomic E-state index is 0.434. The zero-order chi connectivity index (χ0) is 9.23. The summed E-state index contributed by atoms with van der Waals surface area (Å²) in [6.07, 6.45) is 7.60. The highest BCUT2D eigenvalue weighted by atomic mass is 16.5. The fourth-order valence-corrected chi connectivity index (χ4v) is 1.15. The Morgan fingerprint density at radius 3 is 2.58 bits per heavy atom. The monoisotopic (exact) mass is 171 g/mol. The molecule has 0 aromatic heterocycles. The summed E-state index contributed by atoms with van der Waals surface area (Å²) in [4.78, 5) is 0. The molecule has 0 spiro atoms. The molecule has 0 aromatic carbocycles. The van der Waals surface area contributed by atoms with E-state index in [0.717, 1.165) is 19.4 Å². The Morgan fingerprint density at radius 1 is 1.25 bits per heavy atom. The standard InChI is InChI=1S/C11H23O/c1-4-6-8-10-12-11(3)9-7-5-2/h11H,2,4-10H2,1,3H3. The first-order valence-corrected chi connectivity index (χ1v) is 5.22. The Morgan fingerprint density at radius 2 is 2.00 bits per heavy atom. The second-order valence-electron chi connectivity index (χ2n) is 3.38. The third-order valence-electron chi connectivity index (χ3n) is 2.01. The van der Waals surface area contributed by atoms with Crippen molar-refractivity contribution >= 4 is 0 Å². The zero-order valence-corrected chi connectivity index (χ0v) is 8.64. The number of hydrogen-bond donors (Lipinski definition) is 0. The van der Waals surface area contributed by atoms with Gasteiger partial charge in [-0.05, 0) is 19.8 Å². The van der Waals surface area contributed by atoms with E-state index in [1.165, 1.54) is 25.7 Å². The molecule has 0 fully saturated rings. The molecule has 0 heterocycles. The average molecular weight is 171 g/mol. The van der Waals surface area contributed by atoms with Gasteiger partial charge in [0.1, 0.15) is 0 Å². The molecule has 0 rings (SSSR count). The van der Waals surface area contributed by atoms with Crippen LogP contribution in [0.15, 0.2) is 0 Å². The van der Waals surface area contributed by atoms with Crippen LogP contribution in [0.2, 0.25) is 0 Å². The van der Waals surface area contributed by atoms with Crippen LogP contribution in [0.1, 0.15) is 52.4 Å². The van der Waals surface area contributed by atoms with Gasteiger partial charge in [0.15, 0.2) is 0 Å². The minimum Gasteiger partial charge on any atom is -0.379 e. The molecule has 0 saturated heterocycles. The Balaban J connectivity index is 3.02. The van der Waals surface area contributed by atoms with E-state index in [0.29, 0.717) is 6.10 Å². The summed E-state index contributed by atoms with van der Waals surface area (Å²) in [5.41, 5.74) is 0. The van der Waals surface area contributed by atoms with Crippen LogP contribution in [0.4, 0.5) is 0 Å². The van der Waals surface area contributed by atoms with Gasteiger partial charge in [-0.2, -0.15) is 0 Å². The van der Waals surface area contributed by atoms with Crippen LogP contribution in [0.3, 0.4) is 0 Å². The fraction of sp³-hybridized carbons (Fsp3) is 0.909. The van der Waals surface area contributed by atoms with Gasteiger partial charge in [-0.25, -0.2) is 0 Å². The van der Waals surface area contributed by atoms with Crippen molar-refractivity contribution in [1.29, 1.82) is 0 Å². The Kier molecular flexibility index (Phi) is 9.02. The van der Waals surface area contributed by atoms with Crippen molar-refractivity contribution in [2.75, 3.05) is 6.61 Å². The van der Waals surface area contributed by atoms with Crippen molar-refractivity contribution in [2.45, 2.75) is 58.5 Å². The second-order valence-corrected chi connectivity index (χ2v) is 3.38. The van der Waals surface area contributed by atoms with Gasteiger partial charge in [0.2, 0.25) is 0 Å². The van der Waals surface area contributed by atoms with Crippen molar-refractivity contribution in [1.82, 2.24) is 0 Å². The molecular formula is C11H23O. The summed E-state index contributed by atoms with van der Waals surface area (Å²) in [5, 5.41) is 0. The van der Waals surface area contributed by atoms with Crippen LogP contribution < -0.4 is 0 Å². The molecule has 73 valence electrons. The lowest BCUT2D eigenvalue weighted by Gasteiger charge is -2.11. The van der Waals surface area contributed by atoms with Crippen LogP contribution in [0.5, 0.6) is 0 Å². The normalized spacial score (nSPS) is 13.2. The molecule has 0 bridgehead atoms. The first kappa shape index (κ1) is 12.0. The summed E-state index contributed by atoms with van der Waals surface area (Å²) >= 11 is 0. The van der Waals surface area contributed by atoms with E-state index in [4.69, 9.17) is 4.74 Å². The van der Waals surface area contributed by atoms with E-state index in [1.807, 2.05) is 0 Å². The van der Waals surface area contributed by atoms with Crippen LogP contribution >= 0.6 is 0 Å². The van der Waals surface area contributed by atoms with E-state index >= 15 is 0 Å². The largest absolute Gasteiger partial charge is 0.379 e. The van der Waals surface area contributed by atoms with Gasteiger partial charge >= 0.3 is 0 Å². The van der Waals surface area contributed by atoms with Crippen molar-refractivity contribution in [2.24, 2.45) is 0 Å². The van der Waals surface area contributed by atoms with Gasteiger partial charge in [-0.15, -0.1) is 0 Å². The smallest absolute Gasteiger partial charge is 0.0547 e. The minimum absolute atomic E-state index is 0.434. The number of ether oxygens (including phenoxy) is 1. The van der Waals surface area contributed by atoms with Gasteiger partial charge in [0, 0.05) is 6.61 Å². The molecule has 0 saturated carbocycles. The zero-order valence-electron chi connectivity index (χ0n) is 8.64. The summed E-state index contributed by atoms with van der Waals surface area (Å²) in [5.74, 6) is 0. The topological polar surface area (TPSA) is 9.23 Å². The van der Waals surface area contributed by atoms with E-state index < -0.39 is 0 Å². The molecule has 0 N–H and O–H groups in total. The van der Waals surface area contributed by atoms with E-state index in [-0.39, 0.29) is 0 Å². The van der Waals surface area contributed by atoms with Gasteiger partial charge in [0.05, 0.1) is 6.10 Å². The first-order valence-electron chi connectivity index (χ1n) is 5.22. The quantitative estimate of drug-likeness (QED) is 0.507. The molecule has 0 aromatic rings. The lowest BCUT2D eigenvalue weighted by molar-refractivity contribution is 0.0565. The predicted molar refractivity (Wildman–Crippen MR) is 54.1 cm³/mol. The van der Waals surface area contributed by atoms with Crippen molar-refractivity contribution in [3.63, 3.8) is 0 Å². The van der Waals surface area contributed by atoms with Crippen molar-refractivity contribution in [3.05, 3.63) is 6.92 Å². The summed E-state index contributed by atoms with van der Waals surface area (Å²) in [7, 11) is 0. The average Bonchev–Trinajstić information content (AvgIpc) is 2.09. The summed E-state index contributed by atoms with van der Waals surface area (Å²) in [6.45, 7) is 9.12. The highest BCUT2D eigenvalue weighted by molar-refractivity contribution is 4.52. The Bertz CT molecular complexity index is 81.1. The lowest BCUT2D eigenvalue weighted by Crippen LogP contribution is -2.08. The third kappa shape index (κ3) is 8.06. The number of unbranched alkanes of at least 4 members (excludes halogenated alkanes) is 3. The highest BCUT2D eigenvalue weighted by Crippen LogP contribution is 2.05. The van der Waals surface area contributed by atoms with Gasteiger partial charge < -0.3 is 4.74 Å². The Labute approximate surface area is 77.5 Å². The lowest BCUT2D eigenvalue weighted by atomic mass is 10.2.